The predicted octanol–water partition coefficient (Wildman–Crippen LogP) is 3.20. The van der Waals surface area contributed by atoms with Crippen LogP contribution in [0.2, 0.25) is 0 Å². The zero-order valence-corrected chi connectivity index (χ0v) is 11.8. The van der Waals surface area contributed by atoms with Crippen molar-refractivity contribution in [3.63, 3.8) is 0 Å². The smallest absolute Gasteiger partial charge is 0.311 e. The van der Waals surface area contributed by atoms with Crippen LogP contribution in [0.15, 0.2) is 12.1 Å². The number of rotatable bonds is 5. The summed E-state index contributed by atoms with van der Waals surface area (Å²) in [6.07, 6.45) is 6.13. The van der Waals surface area contributed by atoms with Gasteiger partial charge in [-0.3, -0.25) is 10.1 Å². The molecule has 0 radical (unpaired) electrons. The van der Waals surface area contributed by atoms with Crippen molar-refractivity contribution in [3.05, 3.63) is 22.2 Å². The van der Waals surface area contributed by atoms with E-state index in [4.69, 9.17) is 5.73 Å². The Morgan fingerprint density at radius 3 is 2.75 bits per heavy atom. The minimum atomic E-state index is -0.433. The highest BCUT2D eigenvalue weighted by Gasteiger charge is 2.19. The Labute approximate surface area is 118 Å². The molecule has 0 aliphatic heterocycles. The van der Waals surface area contributed by atoms with Gasteiger partial charge in [-0.25, -0.2) is 4.98 Å². The van der Waals surface area contributed by atoms with Crippen molar-refractivity contribution in [1.29, 1.82) is 0 Å². The van der Waals surface area contributed by atoms with Gasteiger partial charge in [0.2, 0.25) is 5.82 Å². The summed E-state index contributed by atoms with van der Waals surface area (Å²) in [5.41, 5.74) is 5.57. The van der Waals surface area contributed by atoms with Crippen LogP contribution in [0.5, 0.6) is 0 Å². The van der Waals surface area contributed by atoms with Gasteiger partial charge in [-0.15, -0.1) is 0 Å². The van der Waals surface area contributed by atoms with Gasteiger partial charge in [0.05, 0.1) is 4.92 Å². The summed E-state index contributed by atoms with van der Waals surface area (Å²) in [6, 6.07) is 2.85. The van der Waals surface area contributed by atoms with Crippen LogP contribution in [0.3, 0.4) is 0 Å². The first-order valence-electron chi connectivity index (χ1n) is 7.21. The molecule has 1 saturated carbocycles. The highest BCUT2D eigenvalue weighted by atomic mass is 16.6. The maximum absolute atomic E-state index is 10.9. The number of nitrogens with one attached hydrogen (secondary N) is 1. The molecule has 1 heterocycles. The first-order valence-corrected chi connectivity index (χ1v) is 7.21. The summed E-state index contributed by atoms with van der Waals surface area (Å²) in [5, 5.41) is 14.0. The zero-order valence-electron chi connectivity index (χ0n) is 11.8. The highest BCUT2D eigenvalue weighted by Crippen LogP contribution is 2.30. The summed E-state index contributed by atoms with van der Waals surface area (Å²) in [7, 11) is 0. The molecule has 0 unspecified atom stereocenters. The number of aromatic nitrogens is 1. The number of nitrogen functional groups attached to an aromatic ring is 1. The van der Waals surface area contributed by atoms with Crippen LogP contribution >= 0.6 is 0 Å². The monoisotopic (exact) mass is 278 g/mol. The topological polar surface area (TPSA) is 94.1 Å². The van der Waals surface area contributed by atoms with E-state index < -0.39 is 4.92 Å². The van der Waals surface area contributed by atoms with Crippen molar-refractivity contribution in [2.75, 3.05) is 17.6 Å². The molecule has 3 N–H and O–H groups in total. The molecule has 6 heteroatoms. The largest absolute Gasteiger partial charge is 0.384 e. The molecule has 0 aromatic carbocycles. The minimum absolute atomic E-state index is 0.0172. The van der Waals surface area contributed by atoms with Crippen LogP contribution in [0.25, 0.3) is 0 Å². The molecule has 6 nitrogen and oxygen atoms in total. The van der Waals surface area contributed by atoms with E-state index in [2.05, 4.69) is 17.2 Å². The lowest BCUT2D eigenvalue weighted by molar-refractivity contribution is -0.384. The lowest BCUT2D eigenvalue weighted by Crippen LogP contribution is -2.16. The molecule has 0 atom stereocenters. The van der Waals surface area contributed by atoms with Crippen LogP contribution in [-0.4, -0.2) is 16.5 Å². The highest BCUT2D eigenvalue weighted by molar-refractivity contribution is 5.59. The summed E-state index contributed by atoms with van der Waals surface area (Å²) >= 11 is 0. The molecule has 0 saturated heterocycles. The van der Waals surface area contributed by atoms with E-state index in [9.17, 15) is 10.1 Å². The van der Waals surface area contributed by atoms with Crippen LogP contribution in [0.1, 0.15) is 39.0 Å². The molecular weight excluding hydrogens is 256 g/mol. The van der Waals surface area contributed by atoms with Gasteiger partial charge in [0.1, 0.15) is 5.82 Å². The predicted molar refractivity (Wildman–Crippen MR) is 79.5 cm³/mol. The Morgan fingerprint density at radius 2 is 2.10 bits per heavy atom. The molecule has 20 heavy (non-hydrogen) atoms. The van der Waals surface area contributed by atoms with E-state index in [1.807, 2.05) is 0 Å². The van der Waals surface area contributed by atoms with Crippen molar-refractivity contribution < 1.29 is 4.92 Å². The van der Waals surface area contributed by atoms with Gasteiger partial charge in [-0.2, -0.15) is 0 Å². The Balaban J connectivity index is 1.87. The zero-order chi connectivity index (χ0) is 14.5. The maximum atomic E-state index is 10.9. The van der Waals surface area contributed by atoms with E-state index in [0.29, 0.717) is 12.4 Å². The Morgan fingerprint density at radius 1 is 1.40 bits per heavy atom. The molecule has 2 rings (SSSR count). The van der Waals surface area contributed by atoms with E-state index in [1.165, 1.54) is 37.8 Å². The summed E-state index contributed by atoms with van der Waals surface area (Å²) in [6.45, 7) is 3.00. The van der Waals surface area contributed by atoms with Crippen molar-refractivity contribution in [1.82, 2.24) is 4.98 Å². The van der Waals surface area contributed by atoms with Gasteiger partial charge >= 0.3 is 5.69 Å². The van der Waals surface area contributed by atoms with Crippen molar-refractivity contribution in [2.45, 2.75) is 39.0 Å². The van der Waals surface area contributed by atoms with Crippen molar-refractivity contribution >= 4 is 17.3 Å². The third-order valence-corrected chi connectivity index (χ3v) is 4.07. The second-order valence-electron chi connectivity index (χ2n) is 5.70. The third kappa shape index (κ3) is 3.82. The number of hydrogen-bond donors (Lipinski definition) is 2. The fourth-order valence-corrected chi connectivity index (χ4v) is 2.76. The molecule has 0 bridgehead atoms. The second-order valence-corrected chi connectivity index (χ2v) is 5.70. The first-order chi connectivity index (χ1) is 9.56. The van der Waals surface area contributed by atoms with Crippen molar-refractivity contribution in [3.8, 4) is 0 Å². The number of nitrogens with two attached hydrogens (primary N) is 1. The van der Waals surface area contributed by atoms with Crippen LogP contribution in [0, 0.1) is 22.0 Å². The van der Waals surface area contributed by atoms with Crippen molar-refractivity contribution in [2.24, 2.45) is 11.8 Å². The molecule has 0 spiro atoms. The summed E-state index contributed by atoms with van der Waals surface area (Å²) < 4.78 is 0. The number of nitro groups is 1. The van der Waals surface area contributed by atoms with Crippen LogP contribution in [0.4, 0.5) is 17.3 Å². The van der Waals surface area contributed by atoms with Gasteiger partial charge in [0.25, 0.3) is 0 Å². The molecular formula is C14H22N4O2. The fourth-order valence-electron chi connectivity index (χ4n) is 2.76. The Bertz CT molecular complexity index is 470. The van der Waals surface area contributed by atoms with Gasteiger partial charge < -0.3 is 11.1 Å². The number of hydrogen-bond acceptors (Lipinski definition) is 5. The molecule has 1 aromatic rings. The van der Waals surface area contributed by atoms with Gasteiger partial charge in [-0.05, 0) is 24.3 Å². The van der Waals surface area contributed by atoms with E-state index >= 15 is 0 Å². The summed E-state index contributed by atoms with van der Waals surface area (Å²) in [4.78, 5) is 14.5. The SMILES string of the molecule is CC1CCC(CCNc2nc(N)ccc2[N+](=O)[O-])CC1. The second kappa shape index (κ2) is 6.54. The molecule has 1 aromatic heterocycles. The lowest BCUT2D eigenvalue weighted by Gasteiger charge is -2.26. The Kier molecular flexibility index (Phi) is 4.76. The van der Waals surface area contributed by atoms with E-state index in [-0.39, 0.29) is 11.5 Å². The average Bonchev–Trinajstić information content (AvgIpc) is 2.41. The first kappa shape index (κ1) is 14.6. The number of anilines is 2. The summed E-state index contributed by atoms with van der Waals surface area (Å²) in [5.74, 6) is 2.14. The van der Waals surface area contributed by atoms with Gasteiger partial charge in [0, 0.05) is 12.6 Å². The maximum Gasteiger partial charge on any atom is 0.311 e. The standard InChI is InChI=1S/C14H22N4O2/c1-10-2-4-11(5-3-10)8-9-16-14-12(18(19)20)6-7-13(15)17-14/h6-7,10-11H,2-5,8-9H2,1H3,(H3,15,16,17). The molecule has 0 amide bonds. The van der Waals surface area contributed by atoms with Crippen LogP contribution < -0.4 is 11.1 Å². The Hall–Kier alpha value is -1.85. The quantitative estimate of drug-likeness (QED) is 0.637. The average molecular weight is 278 g/mol. The normalized spacial score (nSPS) is 22.4. The lowest BCUT2D eigenvalue weighted by atomic mass is 9.81. The van der Waals surface area contributed by atoms with E-state index in [1.54, 1.807) is 0 Å². The number of pyridine rings is 1. The van der Waals surface area contributed by atoms with Gasteiger partial charge in [-0.1, -0.05) is 32.6 Å². The fraction of sp³-hybridized carbons (Fsp3) is 0.643. The molecule has 110 valence electrons. The van der Waals surface area contributed by atoms with E-state index in [0.717, 1.165) is 18.3 Å². The number of nitrogens with zero attached hydrogens (tertiary/aromatic N) is 2. The van der Waals surface area contributed by atoms with Crippen LogP contribution in [-0.2, 0) is 0 Å². The third-order valence-electron chi connectivity index (χ3n) is 4.07. The molecule has 1 aliphatic carbocycles. The molecule has 1 fully saturated rings. The van der Waals surface area contributed by atoms with Gasteiger partial charge in [0.15, 0.2) is 0 Å². The molecule has 1 aliphatic rings. The minimum Gasteiger partial charge on any atom is -0.384 e.